The molecule has 0 radical (unpaired) electrons. The van der Waals surface area contributed by atoms with Crippen molar-refractivity contribution in [2.75, 3.05) is 12.3 Å². The molecule has 1 rings (SSSR count). The molecule has 0 amide bonds. The SMILES string of the molecule is CC(C)NCc1ccc(S(=O)(=O)NCCSC(F)(F)F)s1. The van der Waals surface area contributed by atoms with Gasteiger partial charge in [0.1, 0.15) is 4.21 Å². The van der Waals surface area contributed by atoms with Crippen LogP contribution in [-0.4, -0.2) is 32.3 Å². The van der Waals surface area contributed by atoms with Gasteiger partial charge in [0.15, 0.2) is 0 Å². The summed E-state index contributed by atoms with van der Waals surface area (Å²) in [5.41, 5.74) is -4.34. The van der Waals surface area contributed by atoms with E-state index in [9.17, 15) is 21.6 Å². The Morgan fingerprint density at radius 1 is 1.33 bits per heavy atom. The fourth-order valence-corrected chi connectivity index (χ4v) is 4.26. The van der Waals surface area contributed by atoms with Crippen LogP contribution in [0.3, 0.4) is 0 Å². The number of rotatable bonds is 8. The van der Waals surface area contributed by atoms with Crippen molar-refractivity contribution in [1.29, 1.82) is 0 Å². The Labute approximate surface area is 130 Å². The molecule has 0 aromatic carbocycles. The first-order valence-electron chi connectivity index (χ1n) is 6.12. The Hall–Kier alpha value is -0.290. The Balaban J connectivity index is 2.51. The number of sulfonamides is 1. The fourth-order valence-electron chi connectivity index (χ4n) is 1.32. The minimum Gasteiger partial charge on any atom is -0.310 e. The highest BCUT2D eigenvalue weighted by molar-refractivity contribution is 8.00. The maximum absolute atomic E-state index is 11.9. The highest BCUT2D eigenvalue weighted by Crippen LogP contribution is 2.29. The van der Waals surface area contributed by atoms with Gasteiger partial charge in [-0.15, -0.1) is 11.3 Å². The van der Waals surface area contributed by atoms with Gasteiger partial charge < -0.3 is 5.32 Å². The largest absolute Gasteiger partial charge is 0.441 e. The predicted octanol–water partition coefficient (Wildman–Crippen LogP) is 2.78. The number of nitrogens with one attached hydrogen (secondary N) is 2. The van der Waals surface area contributed by atoms with E-state index in [1.54, 1.807) is 6.07 Å². The zero-order valence-corrected chi connectivity index (χ0v) is 14.0. The number of halogens is 3. The van der Waals surface area contributed by atoms with E-state index < -0.39 is 15.5 Å². The van der Waals surface area contributed by atoms with Crippen molar-refractivity contribution in [2.45, 2.75) is 36.2 Å². The molecule has 122 valence electrons. The van der Waals surface area contributed by atoms with Crippen LogP contribution in [0.5, 0.6) is 0 Å². The van der Waals surface area contributed by atoms with Gasteiger partial charge in [0.2, 0.25) is 10.0 Å². The fraction of sp³-hybridized carbons (Fsp3) is 0.636. The molecule has 2 N–H and O–H groups in total. The molecule has 1 aromatic rings. The van der Waals surface area contributed by atoms with E-state index in [0.29, 0.717) is 6.54 Å². The van der Waals surface area contributed by atoms with Crippen LogP contribution in [0.15, 0.2) is 16.3 Å². The van der Waals surface area contributed by atoms with E-state index in [1.807, 2.05) is 13.8 Å². The predicted molar refractivity (Wildman–Crippen MR) is 80.0 cm³/mol. The van der Waals surface area contributed by atoms with Gasteiger partial charge in [-0.3, -0.25) is 0 Å². The molecule has 0 spiro atoms. The number of hydrogen-bond donors (Lipinski definition) is 2. The van der Waals surface area contributed by atoms with Crippen LogP contribution in [0.1, 0.15) is 18.7 Å². The minimum atomic E-state index is -4.34. The summed E-state index contributed by atoms with van der Waals surface area (Å²) in [7, 11) is -3.74. The van der Waals surface area contributed by atoms with Crippen LogP contribution in [0.2, 0.25) is 0 Å². The normalized spacial score (nSPS) is 13.0. The first kappa shape index (κ1) is 18.8. The second-order valence-electron chi connectivity index (χ2n) is 4.45. The summed E-state index contributed by atoms with van der Waals surface area (Å²) in [6.07, 6.45) is 0. The standard InChI is InChI=1S/C11H17F3N2O2S3/c1-8(2)15-7-9-3-4-10(20-9)21(17,18)16-5-6-19-11(12,13)14/h3-4,8,15-16H,5-7H2,1-2H3. The van der Waals surface area contributed by atoms with Gasteiger partial charge in [0.05, 0.1) is 0 Å². The molecule has 1 heterocycles. The van der Waals surface area contributed by atoms with Crippen LogP contribution >= 0.6 is 23.1 Å². The van der Waals surface area contributed by atoms with E-state index in [-0.39, 0.29) is 34.3 Å². The van der Waals surface area contributed by atoms with Crippen molar-refractivity contribution in [2.24, 2.45) is 0 Å². The van der Waals surface area contributed by atoms with Crippen LogP contribution in [0, 0.1) is 0 Å². The first-order valence-corrected chi connectivity index (χ1v) is 9.41. The molecule has 0 unspecified atom stereocenters. The number of thiophene rings is 1. The quantitative estimate of drug-likeness (QED) is 0.698. The molecule has 4 nitrogen and oxygen atoms in total. The van der Waals surface area contributed by atoms with Crippen LogP contribution in [-0.2, 0) is 16.6 Å². The van der Waals surface area contributed by atoms with Gasteiger partial charge in [-0.05, 0) is 23.9 Å². The van der Waals surface area contributed by atoms with Crippen molar-refractivity contribution >= 4 is 33.1 Å². The summed E-state index contributed by atoms with van der Waals surface area (Å²) in [6, 6.07) is 3.44. The molecule has 0 saturated heterocycles. The van der Waals surface area contributed by atoms with Crippen molar-refractivity contribution in [3.05, 3.63) is 17.0 Å². The molecular formula is C11H17F3N2O2S3. The lowest BCUT2D eigenvalue weighted by molar-refractivity contribution is -0.0327. The molecule has 0 aliphatic carbocycles. The topological polar surface area (TPSA) is 58.2 Å². The zero-order valence-electron chi connectivity index (χ0n) is 11.5. The second-order valence-corrected chi connectivity index (χ2v) is 8.77. The molecule has 0 aliphatic heterocycles. The third kappa shape index (κ3) is 7.50. The van der Waals surface area contributed by atoms with Gasteiger partial charge >= 0.3 is 5.51 Å². The molecule has 0 bridgehead atoms. The van der Waals surface area contributed by atoms with Crippen LogP contribution in [0.25, 0.3) is 0 Å². The first-order chi connectivity index (χ1) is 9.60. The van der Waals surface area contributed by atoms with Crippen LogP contribution < -0.4 is 10.0 Å². The van der Waals surface area contributed by atoms with Crippen molar-refractivity contribution in [3.63, 3.8) is 0 Å². The van der Waals surface area contributed by atoms with Crippen molar-refractivity contribution in [1.82, 2.24) is 10.0 Å². The third-order valence-electron chi connectivity index (χ3n) is 2.25. The third-order valence-corrected chi connectivity index (χ3v) is 6.02. The van der Waals surface area contributed by atoms with Crippen LogP contribution in [0.4, 0.5) is 13.2 Å². The highest BCUT2D eigenvalue weighted by atomic mass is 32.2. The lowest BCUT2D eigenvalue weighted by Gasteiger charge is -2.07. The summed E-state index contributed by atoms with van der Waals surface area (Å²) in [6.45, 7) is 4.25. The Morgan fingerprint density at radius 2 is 2.00 bits per heavy atom. The van der Waals surface area contributed by atoms with Gasteiger partial charge in [-0.1, -0.05) is 13.8 Å². The van der Waals surface area contributed by atoms with Crippen molar-refractivity contribution < 1.29 is 21.6 Å². The summed E-state index contributed by atoms with van der Waals surface area (Å²) < 4.78 is 61.9. The van der Waals surface area contributed by atoms with Gasteiger partial charge in [0, 0.05) is 29.8 Å². The number of alkyl halides is 3. The van der Waals surface area contributed by atoms with E-state index in [2.05, 4.69) is 10.0 Å². The number of thioether (sulfide) groups is 1. The summed E-state index contributed by atoms with van der Waals surface area (Å²) in [5.74, 6) is -0.351. The lowest BCUT2D eigenvalue weighted by Crippen LogP contribution is -2.26. The monoisotopic (exact) mass is 362 g/mol. The van der Waals surface area contributed by atoms with Gasteiger partial charge in [-0.2, -0.15) is 13.2 Å². The molecule has 0 saturated carbocycles. The molecule has 10 heteroatoms. The average molecular weight is 362 g/mol. The molecular weight excluding hydrogens is 345 g/mol. The van der Waals surface area contributed by atoms with E-state index >= 15 is 0 Å². The Morgan fingerprint density at radius 3 is 2.57 bits per heavy atom. The minimum absolute atomic E-state index is 0.111. The highest BCUT2D eigenvalue weighted by Gasteiger charge is 2.27. The van der Waals surface area contributed by atoms with Gasteiger partial charge in [0.25, 0.3) is 0 Å². The van der Waals surface area contributed by atoms with E-state index in [1.165, 1.54) is 6.07 Å². The molecule has 21 heavy (non-hydrogen) atoms. The molecule has 1 aromatic heterocycles. The average Bonchev–Trinajstić information content (AvgIpc) is 2.80. The summed E-state index contributed by atoms with van der Waals surface area (Å²) in [4.78, 5) is 0.855. The zero-order chi connectivity index (χ0) is 16.1. The molecule has 0 atom stereocenters. The number of hydrogen-bond acceptors (Lipinski definition) is 5. The summed E-state index contributed by atoms with van der Waals surface area (Å²) in [5, 5.41) is 3.16. The smallest absolute Gasteiger partial charge is 0.310 e. The van der Waals surface area contributed by atoms with Crippen molar-refractivity contribution in [3.8, 4) is 0 Å². The summed E-state index contributed by atoms with van der Waals surface area (Å²) >= 11 is 0.856. The van der Waals surface area contributed by atoms with Gasteiger partial charge in [-0.25, -0.2) is 13.1 Å². The maximum atomic E-state index is 11.9. The second kappa shape index (κ2) is 7.82. The van der Waals surface area contributed by atoms with E-state index in [0.717, 1.165) is 16.2 Å². The maximum Gasteiger partial charge on any atom is 0.441 e. The molecule has 0 fully saturated rings. The lowest BCUT2D eigenvalue weighted by atomic mass is 10.4. The van der Waals surface area contributed by atoms with E-state index in [4.69, 9.17) is 0 Å². The molecule has 0 aliphatic rings. The Kier molecular flexibility index (Phi) is 6.98. The Bertz CT molecular complexity index is 541.